The maximum Gasteiger partial charge on any atom is 0.162 e. The van der Waals surface area contributed by atoms with Gasteiger partial charge in [-0.2, -0.15) is 10.5 Å². The maximum absolute atomic E-state index is 11.1. The largest absolute Gasteiger partial charge is 0.454 e. The van der Waals surface area contributed by atoms with Gasteiger partial charge in [-0.1, -0.05) is 91.0 Å². The number of para-hydroxylation sites is 5. The molecule has 0 N–H and O–H groups in total. The lowest BCUT2D eigenvalue weighted by molar-refractivity contribution is 0.666. The van der Waals surface area contributed by atoms with E-state index in [1.165, 1.54) is 0 Å². The van der Waals surface area contributed by atoms with Crippen molar-refractivity contribution >= 4 is 65.6 Å². The second-order valence-corrected chi connectivity index (χ2v) is 10.7. The minimum atomic E-state index is 0.376. The summed E-state index contributed by atoms with van der Waals surface area (Å²) in [4.78, 5) is 0. The van der Waals surface area contributed by atoms with Gasteiger partial charge in [0, 0.05) is 26.9 Å². The molecule has 3 aromatic heterocycles. The Bertz CT molecular complexity index is 2600. The first-order valence-electron chi connectivity index (χ1n) is 14.1. The fourth-order valence-corrected chi connectivity index (χ4v) is 6.91. The summed E-state index contributed by atoms with van der Waals surface area (Å²) in [6, 6.07) is 45.6. The highest BCUT2D eigenvalue weighted by molar-refractivity contribution is 6.17. The molecule has 198 valence electrons. The van der Waals surface area contributed by atoms with Crippen molar-refractivity contribution in [1.29, 1.82) is 10.5 Å². The number of hydrogen-bond acceptors (Lipinski definition) is 3. The van der Waals surface area contributed by atoms with Crippen molar-refractivity contribution in [2.75, 3.05) is 0 Å². The van der Waals surface area contributed by atoms with Crippen LogP contribution in [0, 0.1) is 22.7 Å². The van der Waals surface area contributed by atoms with Crippen LogP contribution in [-0.2, 0) is 0 Å². The Morgan fingerprint density at radius 1 is 0.442 bits per heavy atom. The predicted molar refractivity (Wildman–Crippen MR) is 172 cm³/mol. The number of furan rings is 1. The molecular formula is C38H20N4O. The number of hydrogen-bond donors (Lipinski definition) is 0. The minimum Gasteiger partial charge on any atom is -0.454 e. The fourth-order valence-electron chi connectivity index (χ4n) is 6.91. The molecule has 9 aromatic rings. The zero-order chi connectivity index (χ0) is 28.7. The second-order valence-electron chi connectivity index (χ2n) is 10.7. The number of benzene rings is 6. The third kappa shape index (κ3) is 2.98. The zero-order valence-electron chi connectivity index (χ0n) is 22.7. The van der Waals surface area contributed by atoms with Crippen LogP contribution in [0.4, 0.5) is 0 Å². The molecular weight excluding hydrogens is 528 g/mol. The van der Waals surface area contributed by atoms with Crippen molar-refractivity contribution in [3.8, 4) is 23.5 Å². The highest BCUT2D eigenvalue weighted by Crippen LogP contribution is 2.45. The summed E-state index contributed by atoms with van der Waals surface area (Å²) in [5, 5.41) is 27.8. The SMILES string of the molecule is N#Cc1c(-n2c3ccccc3c3ccccc32)c(C#N)c2c(oc3ccccc32)c1-n1c2ccccc2c2ccccc21. The number of nitriles is 2. The lowest BCUT2D eigenvalue weighted by Crippen LogP contribution is -2.07. The molecule has 9 rings (SSSR count). The Morgan fingerprint density at radius 3 is 1.30 bits per heavy atom. The van der Waals surface area contributed by atoms with Crippen LogP contribution >= 0.6 is 0 Å². The monoisotopic (exact) mass is 548 g/mol. The first kappa shape index (κ1) is 23.4. The molecule has 0 aliphatic carbocycles. The first-order valence-corrected chi connectivity index (χ1v) is 14.1. The van der Waals surface area contributed by atoms with Crippen LogP contribution in [0.3, 0.4) is 0 Å². The normalized spacial score (nSPS) is 11.7. The standard InChI is InChI=1S/C38H20N4O/c39-21-28-35-27-15-5-10-20-34(27)43-38(35)37(42-32-18-8-3-13-25(32)26-14-4-9-19-33(26)42)29(22-40)36(28)41-30-16-6-1-11-23(30)24-12-2-7-17-31(24)41/h1-20H. The lowest BCUT2D eigenvalue weighted by Gasteiger charge is -2.18. The van der Waals surface area contributed by atoms with E-state index in [1.54, 1.807) is 0 Å². The Balaban J connectivity index is 1.61. The molecule has 5 heteroatoms. The Morgan fingerprint density at radius 2 is 0.837 bits per heavy atom. The Kier molecular flexibility index (Phi) is 4.68. The van der Waals surface area contributed by atoms with Crippen LogP contribution in [0.25, 0.3) is 76.9 Å². The number of nitrogens with zero attached hydrogens (tertiary/aromatic N) is 4. The summed E-state index contributed by atoms with van der Waals surface area (Å²) < 4.78 is 10.8. The molecule has 3 heterocycles. The van der Waals surface area contributed by atoms with Gasteiger partial charge in [0.05, 0.1) is 38.7 Å². The summed E-state index contributed by atoms with van der Waals surface area (Å²) in [5.74, 6) is 0. The molecule has 0 spiro atoms. The summed E-state index contributed by atoms with van der Waals surface area (Å²) in [5.41, 5.74) is 6.92. The van der Waals surface area contributed by atoms with Gasteiger partial charge in [-0.05, 0) is 30.3 Å². The zero-order valence-corrected chi connectivity index (χ0v) is 22.7. The van der Waals surface area contributed by atoms with E-state index in [-0.39, 0.29) is 0 Å². The molecule has 0 aliphatic heterocycles. The molecule has 6 aromatic carbocycles. The molecule has 0 saturated carbocycles. The van der Waals surface area contributed by atoms with E-state index in [4.69, 9.17) is 4.42 Å². The molecule has 0 amide bonds. The molecule has 0 bridgehead atoms. The van der Waals surface area contributed by atoms with Gasteiger partial charge in [0.25, 0.3) is 0 Å². The summed E-state index contributed by atoms with van der Waals surface area (Å²) in [6.45, 7) is 0. The molecule has 0 aliphatic rings. The molecule has 0 saturated heterocycles. The van der Waals surface area contributed by atoms with E-state index < -0.39 is 0 Å². The summed E-state index contributed by atoms with van der Waals surface area (Å²) in [7, 11) is 0. The van der Waals surface area contributed by atoms with E-state index in [0.717, 1.165) is 49.0 Å². The van der Waals surface area contributed by atoms with Gasteiger partial charge in [0.1, 0.15) is 29.0 Å². The number of aromatic nitrogens is 2. The average Bonchev–Trinajstić information content (AvgIpc) is 3.72. The summed E-state index contributed by atoms with van der Waals surface area (Å²) >= 11 is 0. The van der Waals surface area contributed by atoms with Gasteiger partial charge in [0.15, 0.2) is 5.58 Å². The van der Waals surface area contributed by atoms with E-state index in [9.17, 15) is 10.5 Å². The van der Waals surface area contributed by atoms with Crippen molar-refractivity contribution in [1.82, 2.24) is 9.13 Å². The van der Waals surface area contributed by atoms with Gasteiger partial charge < -0.3 is 13.6 Å². The Labute approximate surface area is 245 Å². The Hall–Kier alpha value is -6.30. The van der Waals surface area contributed by atoms with Crippen LogP contribution in [0.5, 0.6) is 0 Å². The molecule has 5 nitrogen and oxygen atoms in total. The molecule has 0 atom stereocenters. The van der Waals surface area contributed by atoms with Crippen molar-refractivity contribution in [3.05, 3.63) is 132 Å². The van der Waals surface area contributed by atoms with Crippen LogP contribution in [0.2, 0.25) is 0 Å². The van der Waals surface area contributed by atoms with E-state index >= 15 is 0 Å². The van der Waals surface area contributed by atoms with Crippen molar-refractivity contribution < 1.29 is 4.42 Å². The smallest absolute Gasteiger partial charge is 0.162 e. The van der Waals surface area contributed by atoms with E-state index in [0.29, 0.717) is 39.1 Å². The van der Waals surface area contributed by atoms with E-state index in [1.807, 2.05) is 72.8 Å². The average molecular weight is 549 g/mol. The van der Waals surface area contributed by atoms with Gasteiger partial charge in [-0.3, -0.25) is 0 Å². The predicted octanol–water partition coefficient (Wildman–Crippen LogP) is 9.52. The van der Waals surface area contributed by atoms with Crippen LogP contribution in [0.15, 0.2) is 126 Å². The van der Waals surface area contributed by atoms with Crippen LogP contribution in [-0.4, -0.2) is 9.13 Å². The fraction of sp³-hybridized carbons (Fsp3) is 0. The van der Waals surface area contributed by atoms with Gasteiger partial charge >= 0.3 is 0 Å². The maximum atomic E-state index is 11.1. The third-order valence-electron chi connectivity index (χ3n) is 8.60. The third-order valence-corrected chi connectivity index (χ3v) is 8.60. The van der Waals surface area contributed by atoms with Crippen LogP contribution < -0.4 is 0 Å². The number of fused-ring (bicyclic) bond motifs is 9. The van der Waals surface area contributed by atoms with Crippen LogP contribution in [0.1, 0.15) is 11.1 Å². The van der Waals surface area contributed by atoms with Gasteiger partial charge in [-0.15, -0.1) is 0 Å². The molecule has 43 heavy (non-hydrogen) atoms. The molecule has 0 fully saturated rings. The van der Waals surface area contributed by atoms with Crippen molar-refractivity contribution in [2.45, 2.75) is 0 Å². The van der Waals surface area contributed by atoms with Crippen molar-refractivity contribution in [3.63, 3.8) is 0 Å². The van der Waals surface area contributed by atoms with E-state index in [2.05, 4.69) is 69.8 Å². The highest BCUT2D eigenvalue weighted by Gasteiger charge is 2.30. The van der Waals surface area contributed by atoms with Gasteiger partial charge in [-0.25, -0.2) is 0 Å². The lowest BCUT2D eigenvalue weighted by atomic mass is 9.98. The first-order chi connectivity index (χ1) is 21.3. The highest BCUT2D eigenvalue weighted by atomic mass is 16.3. The minimum absolute atomic E-state index is 0.376. The topological polar surface area (TPSA) is 70.6 Å². The number of rotatable bonds is 2. The second kappa shape index (κ2) is 8.60. The molecule has 0 radical (unpaired) electrons. The van der Waals surface area contributed by atoms with Gasteiger partial charge in [0.2, 0.25) is 0 Å². The van der Waals surface area contributed by atoms with Crippen molar-refractivity contribution in [2.24, 2.45) is 0 Å². The quantitative estimate of drug-likeness (QED) is 0.216. The molecule has 0 unspecified atom stereocenters. The summed E-state index contributed by atoms with van der Waals surface area (Å²) in [6.07, 6.45) is 0.